The maximum atomic E-state index is 11.8. The monoisotopic (exact) mass is 639 g/mol. The summed E-state index contributed by atoms with van der Waals surface area (Å²) >= 11 is 0. The Morgan fingerprint density at radius 2 is 0.600 bits per heavy atom. The van der Waals surface area contributed by atoms with E-state index in [-0.39, 0.29) is 0 Å². The van der Waals surface area contributed by atoms with Crippen LogP contribution in [0.4, 0.5) is 0 Å². The first kappa shape index (κ1) is 41.9. The molecule has 1 saturated heterocycles. The Labute approximate surface area is 278 Å². The highest BCUT2D eigenvalue weighted by Gasteiger charge is 2.53. The quantitative estimate of drug-likeness (QED) is 0.0681. The molecular weight excluding hydrogens is 564 g/mol. The van der Waals surface area contributed by atoms with Crippen molar-refractivity contribution in [2.45, 2.75) is 237 Å². The summed E-state index contributed by atoms with van der Waals surface area (Å²) in [7, 11) is 0. The fraction of sp³-hybridized carbons (Fsp3) is 0.949. The van der Waals surface area contributed by atoms with Crippen molar-refractivity contribution in [2.75, 3.05) is 0 Å². The summed E-state index contributed by atoms with van der Waals surface area (Å²) < 4.78 is 11.8. The van der Waals surface area contributed by atoms with Crippen LogP contribution in [0.15, 0.2) is 0 Å². The fourth-order valence-corrected chi connectivity index (χ4v) is 6.87. The van der Waals surface area contributed by atoms with E-state index in [1.54, 1.807) is 0 Å². The number of carboxylic acid groups (broad SMARTS) is 2. The van der Waals surface area contributed by atoms with Crippen LogP contribution >= 0.6 is 0 Å². The number of rotatable bonds is 34. The van der Waals surface area contributed by atoms with Gasteiger partial charge in [-0.25, -0.2) is 9.59 Å². The molecule has 0 aromatic carbocycles. The zero-order chi connectivity index (χ0) is 32.9. The third-order valence-electron chi connectivity index (χ3n) is 9.77. The Kier molecular flexibility index (Phi) is 27.0. The molecule has 0 radical (unpaired) electrons. The van der Waals surface area contributed by atoms with Gasteiger partial charge in [0.2, 0.25) is 0 Å². The summed E-state index contributed by atoms with van der Waals surface area (Å²) in [6.45, 7) is 4.54. The van der Waals surface area contributed by atoms with Crippen molar-refractivity contribution in [3.05, 3.63) is 0 Å². The van der Waals surface area contributed by atoms with Crippen LogP contribution in [0.2, 0.25) is 0 Å². The maximum absolute atomic E-state index is 11.8. The van der Waals surface area contributed by atoms with Crippen molar-refractivity contribution >= 4 is 11.9 Å². The zero-order valence-corrected chi connectivity index (χ0v) is 29.8. The largest absolute Gasteiger partial charge is 0.479 e. The third-order valence-corrected chi connectivity index (χ3v) is 9.77. The van der Waals surface area contributed by atoms with Gasteiger partial charge < -0.3 is 19.7 Å². The molecule has 1 rings (SSSR count). The molecule has 0 saturated carbocycles. The predicted octanol–water partition coefficient (Wildman–Crippen LogP) is 12.2. The Morgan fingerprint density at radius 1 is 0.400 bits per heavy atom. The number of hydrogen-bond donors (Lipinski definition) is 2. The van der Waals surface area contributed by atoms with Crippen LogP contribution in [0.25, 0.3) is 0 Å². The van der Waals surface area contributed by atoms with Crippen molar-refractivity contribution in [3.8, 4) is 0 Å². The predicted molar refractivity (Wildman–Crippen MR) is 187 cm³/mol. The van der Waals surface area contributed by atoms with Gasteiger partial charge in [0.1, 0.15) is 0 Å². The molecule has 1 aliphatic rings. The number of unbranched alkanes of at least 4 members (excludes halogenated alkanes) is 28. The minimum Gasteiger partial charge on any atom is -0.479 e. The molecule has 0 bridgehead atoms. The van der Waals surface area contributed by atoms with E-state index >= 15 is 0 Å². The molecular formula is C39H74O6. The summed E-state index contributed by atoms with van der Waals surface area (Å²) in [4.78, 5) is 23.5. The van der Waals surface area contributed by atoms with Crippen molar-refractivity contribution in [2.24, 2.45) is 0 Å². The second-order valence-electron chi connectivity index (χ2n) is 14.1. The van der Waals surface area contributed by atoms with Gasteiger partial charge in [-0.15, -0.1) is 0 Å². The SMILES string of the molecule is CCCCCCCCCCCCCCCCCC1(CCCCCCCCCCCCCCCCC)OC(C(=O)O)C(C(=O)O)O1. The van der Waals surface area contributed by atoms with E-state index in [0.717, 1.165) is 38.5 Å². The standard InChI is InChI=1S/C39H74O6/c1-3-5-7-9-11-13-15-17-19-21-23-25-27-29-31-33-39(44-35(37(40)41)36(45-39)38(42)43)34-32-30-28-26-24-22-20-18-16-14-12-10-8-6-4-2/h35-36H,3-34H2,1-2H3,(H,40,41)(H,42,43). The summed E-state index contributed by atoms with van der Waals surface area (Å²) in [5.74, 6) is -3.59. The highest BCUT2D eigenvalue weighted by molar-refractivity contribution is 5.84. The van der Waals surface area contributed by atoms with Crippen LogP contribution in [0, 0.1) is 0 Å². The Balaban J connectivity index is 2.21. The Morgan fingerprint density at radius 3 is 0.800 bits per heavy atom. The molecule has 0 aromatic heterocycles. The van der Waals surface area contributed by atoms with Crippen LogP contribution in [-0.4, -0.2) is 40.1 Å². The van der Waals surface area contributed by atoms with Gasteiger partial charge in [-0.2, -0.15) is 0 Å². The normalized spacial score (nSPS) is 17.6. The second-order valence-corrected chi connectivity index (χ2v) is 14.1. The summed E-state index contributed by atoms with van der Waals surface area (Å²) in [5, 5.41) is 19.2. The number of ether oxygens (including phenoxy) is 2. The van der Waals surface area contributed by atoms with E-state index in [0.29, 0.717) is 12.8 Å². The Bertz CT molecular complexity index is 637. The molecule has 1 heterocycles. The maximum Gasteiger partial charge on any atom is 0.336 e. The van der Waals surface area contributed by atoms with E-state index in [1.807, 2.05) is 0 Å². The van der Waals surface area contributed by atoms with Crippen molar-refractivity contribution in [1.29, 1.82) is 0 Å². The van der Waals surface area contributed by atoms with Gasteiger partial charge in [-0.3, -0.25) is 0 Å². The van der Waals surface area contributed by atoms with Crippen LogP contribution in [0.1, 0.15) is 219 Å². The minimum absolute atomic E-state index is 0.567. The molecule has 1 aliphatic heterocycles. The molecule has 0 aromatic rings. The minimum atomic E-state index is -1.44. The van der Waals surface area contributed by atoms with Gasteiger partial charge in [-0.1, -0.05) is 194 Å². The van der Waals surface area contributed by atoms with Crippen LogP contribution in [-0.2, 0) is 19.1 Å². The zero-order valence-electron chi connectivity index (χ0n) is 29.8. The second kappa shape index (κ2) is 29.0. The molecule has 2 N–H and O–H groups in total. The van der Waals surface area contributed by atoms with E-state index < -0.39 is 29.9 Å². The molecule has 2 atom stereocenters. The lowest BCUT2D eigenvalue weighted by Crippen LogP contribution is -2.36. The molecule has 45 heavy (non-hydrogen) atoms. The Hall–Kier alpha value is -1.14. The number of carbonyl (C=O) groups is 2. The molecule has 266 valence electrons. The average Bonchev–Trinajstić information content (AvgIpc) is 3.42. The molecule has 0 spiro atoms. The lowest BCUT2D eigenvalue weighted by atomic mass is 9.98. The number of carboxylic acids is 2. The average molecular weight is 639 g/mol. The van der Waals surface area contributed by atoms with E-state index in [1.165, 1.54) is 154 Å². The molecule has 1 fully saturated rings. The lowest BCUT2D eigenvalue weighted by molar-refractivity contribution is -0.195. The van der Waals surface area contributed by atoms with Gasteiger partial charge in [0, 0.05) is 12.8 Å². The third kappa shape index (κ3) is 22.1. The highest BCUT2D eigenvalue weighted by Crippen LogP contribution is 2.38. The van der Waals surface area contributed by atoms with Crippen LogP contribution < -0.4 is 0 Å². The fourth-order valence-electron chi connectivity index (χ4n) is 6.87. The van der Waals surface area contributed by atoms with E-state index in [9.17, 15) is 19.8 Å². The van der Waals surface area contributed by atoms with Gasteiger partial charge in [0.05, 0.1) is 0 Å². The van der Waals surface area contributed by atoms with E-state index in [4.69, 9.17) is 9.47 Å². The van der Waals surface area contributed by atoms with Crippen molar-refractivity contribution in [1.82, 2.24) is 0 Å². The van der Waals surface area contributed by atoms with Gasteiger partial charge in [0.15, 0.2) is 18.0 Å². The van der Waals surface area contributed by atoms with E-state index in [2.05, 4.69) is 13.8 Å². The van der Waals surface area contributed by atoms with Gasteiger partial charge in [-0.05, 0) is 12.8 Å². The van der Waals surface area contributed by atoms with Crippen molar-refractivity contribution in [3.63, 3.8) is 0 Å². The number of aliphatic carboxylic acids is 2. The molecule has 6 nitrogen and oxygen atoms in total. The summed E-state index contributed by atoms with van der Waals surface area (Å²) in [6, 6.07) is 0. The number of hydrogen-bond acceptors (Lipinski definition) is 4. The lowest BCUT2D eigenvalue weighted by Gasteiger charge is -2.28. The first-order chi connectivity index (χ1) is 22.0. The van der Waals surface area contributed by atoms with Crippen molar-refractivity contribution < 1.29 is 29.3 Å². The molecule has 0 amide bonds. The topological polar surface area (TPSA) is 93.1 Å². The molecule has 0 aliphatic carbocycles. The summed E-state index contributed by atoms with van der Waals surface area (Å²) in [5.41, 5.74) is 0. The molecule has 2 unspecified atom stereocenters. The summed E-state index contributed by atoms with van der Waals surface area (Å²) in [6.07, 6.45) is 36.7. The van der Waals surface area contributed by atoms with Crippen LogP contribution in [0.5, 0.6) is 0 Å². The van der Waals surface area contributed by atoms with Gasteiger partial charge >= 0.3 is 11.9 Å². The smallest absolute Gasteiger partial charge is 0.336 e. The highest BCUT2D eigenvalue weighted by atomic mass is 16.8. The van der Waals surface area contributed by atoms with Crippen LogP contribution in [0.3, 0.4) is 0 Å². The van der Waals surface area contributed by atoms with Gasteiger partial charge in [0.25, 0.3) is 0 Å². The first-order valence-corrected chi connectivity index (χ1v) is 19.8. The molecule has 6 heteroatoms. The first-order valence-electron chi connectivity index (χ1n) is 19.8.